The molecule has 0 N–H and O–H groups in total. The molecule has 2 aromatic carbocycles. The van der Waals surface area contributed by atoms with E-state index in [-0.39, 0.29) is 32.0 Å². The van der Waals surface area contributed by atoms with E-state index in [1.165, 1.54) is 24.5 Å². The second kappa shape index (κ2) is 8.47. The average Bonchev–Trinajstić information content (AvgIpc) is 2.79. The van der Waals surface area contributed by atoms with Gasteiger partial charge >= 0.3 is 6.18 Å². The highest BCUT2D eigenvalue weighted by Crippen LogP contribution is 2.35. The first kappa shape index (κ1) is 22.2. The molecule has 0 radical (unpaired) electrons. The number of alkyl halides is 3. The fourth-order valence-electron chi connectivity index (χ4n) is 3.52. The van der Waals surface area contributed by atoms with Crippen molar-refractivity contribution in [2.75, 3.05) is 31.1 Å². The molecule has 1 aliphatic rings. The first-order valence-electron chi connectivity index (χ1n) is 9.65. The quantitative estimate of drug-likeness (QED) is 0.547. The Bertz CT molecular complexity index is 1210. The lowest BCUT2D eigenvalue weighted by Crippen LogP contribution is -2.49. The van der Waals surface area contributed by atoms with E-state index in [4.69, 9.17) is 0 Å². The summed E-state index contributed by atoms with van der Waals surface area (Å²) in [4.78, 5) is 9.49. The van der Waals surface area contributed by atoms with Gasteiger partial charge in [0.2, 0.25) is 10.0 Å². The molecule has 1 aromatic heterocycles. The molecule has 1 saturated heterocycles. The van der Waals surface area contributed by atoms with Crippen LogP contribution in [0.25, 0.3) is 11.3 Å². The van der Waals surface area contributed by atoms with Crippen LogP contribution in [0, 0.1) is 5.82 Å². The van der Waals surface area contributed by atoms with Crippen LogP contribution in [-0.2, 0) is 16.2 Å². The minimum atomic E-state index is -4.77. The van der Waals surface area contributed by atoms with Crippen molar-refractivity contribution in [1.29, 1.82) is 0 Å². The second-order valence-electron chi connectivity index (χ2n) is 7.15. The summed E-state index contributed by atoms with van der Waals surface area (Å²) in [6, 6.07) is 11.7. The minimum Gasteiger partial charge on any atom is -0.354 e. The lowest BCUT2D eigenvalue weighted by Gasteiger charge is -2.35. The third kappa shape index (κ3) is 4.44. The first-order chi connectivity index (χ1) is 15.2. The maximum atomic E-state index is 13.3. The van der Waals surface area contributed by atoms with Crippen molar-refractivity contribution in [3.05, 3.63) is 72.3 Å². The van der Waals surface area contributed by atoms with Gasteiger partial charge in [-0.3, -0.25) is 0 Å². The van der Waals surface area contributed by atoms with Gasteiger partial charge in [0.1, 0.15) is 18.0 Å². The topological polar surface area (TPSA) is 66.4 Å². The fraction of sp³-hybridized carbons (Fsp3) is 0.238. The van der Waals surface area contributed by atoms with Gasteiger partial charge in [-0.05, 0) is 36.4 Å². The predicted molar refractivity (Wildman–Crippen MR) is 110 cm³/mol. The maximum Gasteiger partial charge on any atom is 0.417 e. The highest BCUT2D eigenvalue weighted by molar-refractivity contribution is 7.89. The highest BCUT2D eigenvalue weighted by atomic mass is 32.2. The van der Waals surface area contributed by atoms with Gasteiger partial charge in [0.15, 0.2) is 0 Å². The fourth-order valence-corrected chi connectivity index (χ4v) is 5.16. The first-order valence-corrected chi connectivity index (χ1v) is 11.1. The summed E-state index contributed by atoms with van der Waals surface area (Å²) < 4.78 is 80.0. The maximum absolute atomic E-state index is 13.3. The number of hydrogen-bond donors (Lipinski definition) is 0. The lowest BCUT2D eigenvalue weighted by molar-refractivity contribution is -0.139. The van der Waals surface area contributed by atoms with E-state index in [1.54, 1.807) is 18.2 Å². The third-order valence-electron chi connectivity index (χ3n) is 5.17. The second-order valence-corrected chi connectivity index (χ2v) is 9.06. The molecule has 168 valence electrons. The van der Waals surface area contributed by atoms with Crippen LogP contribution in [0.15, 0.2) is 65.8 Å². The minimum absolute atomic E-state index is 0.00437. The molecule has 0 saturated carbocycles. The summed E-state index contributed by atoms with van der Waals surface area (Å²) in [6.45, 7) is 0.495. The van der Waals surface area contributed by atoms with Crippen LogP contribution in [0.2, 0.25) is 0 Å². The zero-order valence-electron chi connectivity index (χ0n) is 16.6. The lowest BCUT2D eigenvalue weighted by atomic mass is 10.1. The Hall–Kier alpha value is -3.05. The number of piperazine rings is 1. The van der Waals surface area contributed by atoms with E-state index in [2.05, 4.69) is 9.97 Å². The molecule has 4 rings (SSSR count). The van der Waals surface area contributed by atoms with Crippen LogP contribution in [0.1, 0.15) is 5.56 Å². The van der Waals surface area contributed by atoms with Crippen LogP contribution in [0.4, 0.5) is 23.4 Å². The van der Waals surface area contributed by atoms with E-state index in [0.29, 0.717) is 17.1 Å². The molecule has 0 bridgehead atoms. The van der Waals surface area contributed by atoms with Gasteiger partial charge in [0.25, 0.3) is 0 Å². The van der Waals surface area contributed by atoms with Crippen molar-refractivity contribution in [3.63, 3.8) is 0 Å². The molecule has 32 heavy (non-hydrogen) atoms. The normalized spacial score (nSPS) is 15.7. The van der Waals surface area contributed by atoms with Crippen LogP contribution >= 0.6 is 0 Å². The molecule has 0 aliphatic carbocycles. The molecule has 0 amide bonds. The summed E-state index contributed by atoms with van der Waals surface area (Å²) >= 11 is 0. The average molecular weight is 466 g/mol. The van der Waals surface area contributed by atoms with Crippen molar-refractivity contribution in [1.82, 2.24) is 14.3 Å². The van der Waals surface area contributed by atoms with Crippen LogP contribution in [0.5, 0.6) is 0 Å². The van der Waals surface area contributed by atoms with Crippen LogP contribution in [0.3, 0.4) is 0 Å². The summed E-state index contributed by atoms with van der Waals surface area (Å²) in [6.07, 6.45) is -3.42. The molecule has 1 fully saturated rings. The zero-order valence-corrected chi connectivity index (χ0v) is 17.4. The Kier molecular flexibility index (Phi) is 5.87. The van der Waals surface area contributed by atoms with Crippen molar-refractivity contribution < 1.29 is 26.0 Å². The van der Waals surface area contributed by atoms with Gasteiger partial charge < -0.3 is 4.90 Å². The van der Waals surface area contributed by atoms with E-state index in [9.17, 15) is 26.0 Å². The van der Waals surface area contributed by atoms with E-state index in [1.807, 2.05) is 4.90 Å². The number of halogens is 4. The predicted octanol–water partition coefficient (Wildman–Crippen LogP) is 3.81. The van der Waals surface area contributed by atoms with Crippen molar-refractivity contribution in [3.8, 4) is 11.3 Å². The standard InChI is InChI=1S/C21H18F4N4O2S/c22-16-7-5-15(6-8-16)18-13-20(27-14-26-18)28-9-11-29(12-10-28)32(30,31)19-4-2-1-3-17(19)21(23,24)25/h1-8,13-14H,9-12H2. The number of rotatable bonds is 4. The van der Waals surface area contributed by atoms with Crippen LogP contribution < -0.4 is 4.90 Å². The SMILES string of the molecule is O=S(=O)(c1ccccc1C(F)(F)F)N1CCN(c2cc(-c3ccc(F)cc3)ncn2)CC1. The van der Waals surface area contributed by atoms with E-state index in [0.717, 1.165) is 22.5 Å². The molecule has 0 unspecified atom stereocenters. The Balaban J connectivity index is 1.52. The number of sulfonamides is 1. The summed E-state index contributed by atoms with van der Waals surface area (Å²) in [5, 5.41) is 0. The number of hydrogen-bond acceptors (Lipinski definition) is 5. The monoisotopic (exact) mass is 466 g/mol. The molecule has 0 atom stereocenters. The third-order valence-corrected chi connectivity index (χ3v) is 7.12. The smallest absolute Gasteiger partial charge is 0.354 e. The summed E-state index contributed by atoms with van der Waals surface area (Å²) in [5.74, 6) is 0.180. The Morgan fingerprint density at radius 3 is 2.19 bits per heavy atom. The molecule has 3 aromatic rings. The van der Waals surface area contributed by atoms with Crippen molar-refractivity contribution in [2.45, 2.75) is 11.1 Å². The molecule has 2 heterocycles. The number of nitrogens with zero attached hydrogens (tertiary/aromatic N) is 4. The highest BCUT2D eigenvalue weighted by Gasteiger charge is 2.39. The van der Waals surface area contributed by atoms with E-state index < -0.39 is 26.7 Å². The zero-order chi connectivity index (χ0) is 22.9. The Morgan fingerprint density at radius 2 is 1.53 bits per heavy atom. The Labute approximate surface area is 182 Å². The molecular weight excluding hydrogens is 448 g/mol. The molecule has 0 spiro atoms. The number of anilines is 1. The summed E-state index contributed by atoms with van der Waals surface area (Å²) in [7, 11) is -4.32. The van der Waals surface area contributed by atoms with Crippen molar-refractivity contribution >= 4 is 15.8 Å². The largest absolute Gasteiger partial charge is 0.417 e. The van der Waals surface area contributed by atoms with Crippen LogP contribution in [-0.4, -0.2) is 48.9 Å². The van der Waals surface area contributed by atoms with E-state index >= 15 is 0 Å². The number of benzene rings is 2. The molecule has 1 aliphatic heterocycles. The van der Waals surface area contributed by atoms with Gasteiger partial charge in [-0.25, -0.2) is 22.8 Å². The number of aromatic nitrogens is 2. The van der Waals surface area contributed by atoms with Gasteiger partial charge in [-0.2, -0.15) is 17.5 Å². The van der Waals surface area contributed by atoms with Crippen molar-refractivity contribution in [2.24, 2.45) is 0 Å². The van der Waals surface area contributed by atoms with Gasteiger partial charge in [0, 0.05) is 37.8 Å². The van der Waals surface area contributed by atoms with Gasteiger partial charge in [-0.1, -0.05) is 12.1 Å². The summed E-state index contributed by atoms with van der Waals surface area (Å²) in [5.41, 5.74) is 0.0892. The van der Waals surface area contributed by atoms with Gasteiger partial charge in [0.05, 0.1) is 16.2 Å². The molecular formula is C21H18F4N4O2S. The molecule has 11 heteroatoms. The molecule has 6 nitrogen and oxygen atoms in total. The Morgan fingerprint density at radius 1 is 0.875 bits per heavy atom. The van der Waals surface area contributed by atoms with Gasteiger partial charge in [-0.15, -0.1) is 0 Å².